The molecule has 0 aliphatic heterocycles. The van der Waals surface area contributed by atoms with E-state index in [0.717, 1.165) is 25.7 Å². The van der Waals surface area contributed by atoms with Gasteiger partial charge in [0, 0.05) is 24.7 Å². The first-order chi connectivity index (χ1) is 9.94. The van der Waals surface area contributed by atoms with Gasteiger partial charge in [0.25, 0.3) is 0 Å². The van der Waals surface area contributed by atoms with E-state index in [-0.39, 0.29) is 10.7 Å². The van der Waals surface area contributed by atoms with Gasteiger partial charge in [0.2, 0.25) is 10.0 Å². The number of sulfonamides is 1. The Morgan fingerprint density at radius 2 is 2.05 bits per heavy atom. The predicted octanol–water partition coefficient (Wildman–Crippen LogP) is 2.46. The second-order valence-corrected chi connectivity index (χ2v) is 7.39. The second-order valence-electron chi connectivity index (χ2n) is 5.62. The minimum Gasteiger partial charge on any atom is -0.310 e. The number of unbranched alkanes of at least 4 members (excludes halogenated alkanes) is 1. The molecule has 1 aromatic rings. The van der Waals surface area contributed by atoms with E-state index in [2.05, 4.69) is 10.0 Å². The summed E-state index contributed by atoms with van der Waals surface area (Å²) in [7, 11) is -3.56. The summed E-state index contributed by atoms with van der Waals surface area (Å²) in [6.07, 6.45) is 3.92. The zero-order valence-electron chi connectivity index (χ0n) is 12.6. The van der Waals surface area contributed by atoms with Gasteiger partial charge in [-0.05, 0) is 43.9 Å². The minimum absolute atomic E-state index is 0.144. The smallest absolute Gasteiger partial charge is 0.240 e. The van der Waals surface area contributed by atoms with Crippen molar-refractivity contribution in [2.24, 2.45) is 0 Å². The second kappa shape index (κ2) is 6.85. The highest BCUT2D eigenvalue weighted by atomic mass is 32.2. The van der Waals surface area contributed by atoms with Crippen molar-refractivity contribution in [1.29, 1.82) is 0 Å². The fraction of sp³-hybridized carbons (Fsp3) is 0.600. The quantitative estimate of drug-likeness (QED) is 0.725. The van der Waals surface area contributed by atoms with Gasteiger partial charge in [-0.15, -0.1) is 0 Å². The fourth-order valence-electron chi connectivity index (χ4n) is 2.10. The van der Waals surface area contributed by atoms with E-state index in [1.54, 1.807) is 6.92 Å². The van der Waals surface area contributed by atoms with E-state index in [1.807, 2.05) is 6.92 Å². The maximum Gasteiger partial charge on any atom is 0.240 e. The standard InChI is InChI=1S/C15H23FN2O2S/c1-3-4-7-18-21(19,20)14-8-11(2)15(16)12(9-14)10-17-13-5-6-13/h8-9,13,17-18H,3-7,10H2,1-2H3. The van der Waals surface area contributed by atoms with Crippen molar-refractivity contribution in [3.63, 3.8) is 0 Å². The molecule has 1 aromatic carbocycles. The number of halogens is 1. The van der Waals surface area contributed by atoms with Crippen molar-refractivity contribution in [1.82, 2.24) is 10.0 Å². The molecule has 0 spiro atoms. The molecular weight excluding hydrogens is 291 g/mol. The lowest BCUT2D eigenvalue weighted by Crippen LogP contribution is -2.25. The Labute approximate surface area is 126 Å². The maximum atomic E-state index is 14.1. The lowest BCUT2D eigenvalue weighted by Gasteiger charge is -2.12. The van der Waals surface area contributed by atoms with Gasteiger partial charge in [0.1, 0.15) is 5.82 Å². The molecule has 21 heavy (non-hydrogen) atoms. The topological polar surface area (TPSA) is 58.2 Å². The van der Waals surface area contributed by atoms with E-state index in [1.165, 1.54) is 12.1 Å². The Morgan fingerprint density at radius 3 is 2.67 bits per heavy atom. The van der Waals surface area contributed by atoms with Crippen LogP contribution in [-0.4, -0.2) is 21.0 Å². The van der Waals surface area contributed by atoms with Gasteiger partial charge in [-0.3, -0.25) is 0 Å². The van der Waals surface area contributed by atoms with Crippen LogP contribution in [0.25, 0.3) is 0 Å². The molecule has 118 valence electrons. The molecule has 0 atom stereocenters. The molecule has 0 aromatic heterocycles. The van der Waals surface area contributed by atoms with E-state index in [0.29, 0.717) is 30.3 Å². The first-order valence-corrected chi connectivity index (χ1v) is 8.94. The van der Waals surface area contributed by atoms with Gasteiger partial charge in [0.15, 0.2) is 0 Å². The molecular formula is C15H23FN2O2S. The summed E-state index contributed by atoms with van der Waals surface area (Å²) in [5.41, 5.74) is 0.777. The molecule has 2 rings (SSSR count). The van der Waals surface area contributed by atoms with Crippen LogP contribution < -0.4 is 10.0 Å². The van der Waals surface area contributed by atoms with Crippen LogP contribution in [0.2, 0.25) is 0 Å². The third-order valence-electron chi connectivity index (χ3n) is 3.59. The van der Waals surface area contributed by atoms with E-state index < -0.39 is 10.0 Å². The highest BCUT2D eigenvalue weighted by Gasteiger charge is 2.22. The molecule has 0 bridgehead atoms. The Bertz CT molecular complexity index is 598. The third kappa shape index (κ3) is 4.49. The summed E-state index contributed by atoms with van der Waals surface area (Å²) in [4.78, 5) is 0.144. The number of benzene rings is 1. The first kappa shape index (κ1) is 16.4. The summed E-state index contributed by atoms with van der Waals surface area (Å²) in [5.74, 6) is -0.323. The van der Waals surface area contributed by atoms with Crippen molar-refractivity contribution >= 4 is 10.0 Å². The van der Waals surface area contributed by atoms with Gasteiger partial charge in [0.05, 0.1) is 4.90 Å². The van der Waals surface area contributed by atoms with E-state index >= 15 is 0 Å². The molecule has 0 amide bonds. The van der Waals surface area contributed by atoms with E-state index in [9.17, 15) is 12.8 Å². The molecule has 6 heteroatoms. The SMILES string of the molecule is CCCCNS(=O)(=O)c1cc(C)c(F)c(CNC2CC2)c1. The summed E-state index contributed by atoms with van der Waals surface area (Å²) < 4.78 is 41.1. The molecule has 0 saturated heterocycles. The first-order valence-electron chi connectivity index (χ1n) is 7.46. The Kier molecular flexibility index (Phi) is 5.35. The summed E-state index contributed by atoms with van der Waals surface area (Å²) >= 11 is 0. The molecule has 1 saturated carbocycles. The number of hydrogen-bond donors (Lipinski definition) is 2. The third-order valence-corrected chi connectivity index (χ3v) is 5.04. The van der Waals surface area contributed by atoms with Crippen LogP contribution in [0.5, 0.6) is 0 Å². The zero-order valence-corrected chi connectivity index (χ0v) is 13.4. The Morgan fingerprint density at radius 1 is 1.33 bits per heavy atom. The van der Waals surface area contributed by atoms with Crippen molar-refractivity contribution < 1.29 is 12.8 Å². The van der Waals surface area contributed by atoms with Crippen LogP contribution in [0, 0.1) is 12.7 Å². The number of rotatable bonds is 8. The van der Waals surface area contributed by atoms with Gasteiger partial charge < -0.3 is 5.32 Å². The van der Waals surface area contributed by atoms with Gasteiger partial charge in [-0.25, -0.2) is 17.5 Å². The molecule has 2 N–H and O–H groups in total. The minimum atomic E-state index is -3.56. The van der Waals surface area contributed by atoms with Crippen molar-refractivity contribution in [2.45, 2.75) is 57.0 Å². The summed E-state index contributed by atoms with van der Waals surface area (Å²) in [6.45, 7) is 4.37. The van der Waals surface area contributed by atoms with Crippen LogP contribution in [0.1, 0.15) is 43.7 Å². The largest absolute Gasteiger partial charge is 0.310 e. The number of aryl methyl sites for hydroxylation is 1. The van der Waals surface area contributed by atoms with Crippen molar-refractivity contribution in [3.8, 4) is 0 Å². The number of nitrogens with one attached hydrogen (secondary N) is 2. The van der Waals surface area contributed by atoms with Crippen LogP contribution in [0.3, 0.4) is 0 Å². The maximum absolute atomic E-state index is 14.1. The molecule has 1 fully saturated rings. The Hall–Kier alpha value is -0.980. The van der Waals surface area contributed by atoms with Crippen LogP contribution in [0.4, 0.5) is 4.39 Å². The molecule has 0 radical (unpaired) electrons. The monoisotopic (exact) mass is 314 g/mol. The molecule has 1 aliphatic rings. The van der Waals surface area contributed by atoms with Gasteiger partial charge in [-0.2, -0.15) is 0 Å². The van der Waals surface area contributed by atoms with Gasteiger partial charge >= 0.3 is 0 Å². The highest BCUT2D eigenvalue weighted by Crippen LogP contribution is 2.22. The van der Waals surface area contributed by atoms with Crippen LogP contribution >= 0.6 is 0 Å². The average molecular weight is 314 g/mol. The van der Waals surface area contributed by atoms with E-state index in [4.69, 9.17) is 0 Å². The fourth-order valence-corrected chi connectivity index (χ4v) is 3.31. The Balaban J connectivity index is 2.18. The zero-order chi connectivity index (χ0) is 15.5. The summed E-state index contributed by atoms with van der Waals surface area (Å²) in [5, 5.41) is 3.22. The van der Waals surface area contributed by atoms with Crippen LogP contribution in [-0.2, 0) is 16.6 Å². The van der Waals surface area contributed by atoms with Crippen LogP contribution in [0.15, 0.2) is 17.0 Å². The lowest BCUT2D eigenvalue weighted by molar-refractivity contribution is 0.568. The normalized spacial score (nSPS) is 15.4. The average Bonchev–Trinajstić information content (AvgIpc) is 3.24. The molecule has 4 nitrogen and oxygen atoms in total. The molecule has 0 heterocycles. The molecule has 1 aliphatic carbocycles. The van der Waals surface area contributed by atoms with Crippen molar-refractivity contribution in [2.75, 3.05) is 6.54 Å². The summed E-state index contributed by atoms with van der Waals surface area (Å²) in [6, 6.07) is 3.28. The van der Waals surface area contributed by atoms with Crippen molar-refractivity contribution in [3.05, 3.63) is 29.1 Å². The van der Waals surface area contributed by atoms with Gasteiger partial charge in [-0.1, -0.05) is 13.3 Å². The number of hydrogen-bond acceptors (Lipinski definition) is 3. The highest BCUT2D eigenvalue weighted by molar-refractivity contribution is 7.89. The molecule has 0 unspecified atom stereocenters. The predicted molar refractivity (Wildman–Crippen MR) is 81.1 cm³/mol. The lowest BCUT2D eigenvalue weighted by atomic mass is 10.1.